The van der Waals surface area contributed by atoms with Gasteiger partial charge in [0.05, 0.1) is 4.90 Å². The van der Waals surface area contributed by atoms with E-state index in [1.165, 1.54) is 10.4 Å². The molecule has 0 aliphatic rings. The lowest BCUT2D eigenvalue weighted by Gasteiger charge is -2.22. The molecule has 0 heterocycles. The van der Waals surface area contributed by atoms with Crippen molar-refractivity contribution in [2.24, 2.45) is 0 Å². The minimum Gasteiger partial charge on any atom is -0.347 e. The Balaban J connectivity index is 3.29. The highest BCUT2D eigenvalue weighted by Gasteiger charge is 2.25. The third-order valence-corrected chi connectivity index (χ3v) is 5.45. The molecule has 0 spiro atoms. The summed E-state index contributed by atoms with van der Waals surface area (Å²) in [5, 5.41) is 2.84. The molecule has 0 saturated heterocycles. The normalized spacial score (nSPS) is 12.5. The Morgan fingerprint density at radius 1 is 1.18 bits per heavy atom. The molecule has 22 heavy (non-hydrogen) atoms. The van der Waals surface area contributed by atoms with Gasteiger partial charge in [-0.05, 0) is 45.4 Å². The second-order valence-electron chi connectivity index (χ2n) is 6.27. The fourth-order valence-corrected chi connectivity index (χ4v) is 3.84. The lowest BCUT2D eigenvalue weighted by Crippen LogP contribution is -2.40. The van der Waals surface area contributed by atoms with Crippen LogP contribution in [0.3, 0.4) is 0 Å². The first-order valence-electron chi connectivity index (χ1n) is 7.46. The summed E-state index contributed by atoms with van der Waals surface area (Å²) >= 11 is 0. The minimum absolute atomic E-state index is 0.192. The number of sulfonamides is 1. The van der Waals surface area contributed by atoms with Crippen molar-refractivity contribution in [3.05, 3.63) is 29.3 Å². The lowest BCUT2D eigenvalue weighted by molar-refractivity contribution is 0.0919. The summed E-state index contributed by atoms with van der Waals surface area (Å²) in [6.07, 6.45) is 0. The predicted molar refractivity (Wildman–Crippen MR) is 88.5 cm³/mol. The van der Waals surface area contributed by atoms with Gasteiger partial charge in [-0.1, -0.05) is 19.9 Å². The van der Waals surface area contributed by atoms with E-state index in [1.807, 2.05) is 20.8 Å². The molecule has 1 aromatic rings. The van der Waals surface area contributed by atoms with Crippen molar-refractivity contribution in [3.63, 3.8) is 0 Å². The summed E-state index contributed by atoms with van der Waals surface area (Å²) in [5.74, 6) is -0.275. The van der Waals surface area contributed by atoms with E-state index in [-0.39, 0.29) is 16.3 Å². The zero-order valence-corrected chi connectivity index (χ0v) is 15.0. The zero-order valence-electron chi connectivity index (χ0n) is 14.2. The number of aryl methyl sites for hydroxylation is 1. The predicted octanol–water partition coefficient (Wildman–Crippen LogP) is 2.55. The van der Waals surface area contributed by atoms with Crippen molar-refractivity contribution in [2.45, 2.75) is 52.0 Å². The molecule has 0 aromatic heterocycles. The van der Waals surface area contributed by atoms with E-state index in [0.29, 0.717) is 24.2 Å². The summed E-state index contributed by atoms with van der Waals surface area (Å²) in [6.45, 7) is 11.8. The van der Waals surface area contributed by atoms with Crippen LogP contribution >= 0.6 is 0 Å². The van der Waals surface area contributed by atoms with Crippen molar-refractivity contribution in [1.29, 1.82) is 0 Å². The maximum Gasteiger partial charge on any atom is 0.251 e. The molecule has 0 aliphatic heterocycles. The SMILES string of the molecule is CCN(CC)S(=O)(=O)c1cc(C(=O)NC(C)(C)C)ccc1C. The molecule has 1 rings (SSSR count). The molecule has 6 heteroatoms. The van der Waals surface area contributed by atoms with Crippen LogP contribution in [0.5, 0.6) is 0 Å². The van der Waals surface area contributed by atoms with Gasteiger partial charge in [-0.25, -0.2) is 8.42 Å². The van der Waals surface area contributed by atoms with Crippen molar-refractivity contribution in [2.75, 3.05) is 13.1 Å². The van der Waals surface area contributed by atoms with Gasteiger partial charge in [-0.2, -0.15) is 4.31 Å². The molecule has 0 fully saturated rings. The van der Waals surface area contributed by atoms with Crippen LogP contribution in [0.2, 0.25) is 0 Å². The topological polar surface area (TPSA) is 66.5 Å². The van der Waals surface area contributed by atoms with Gasteiger partial charge in [0.2, 0.25) is 10.0 Å². The van der Waals surface area contributed by atoms with Gasteiger partial charge in [-0.15, -0.1) is 0 Å². The first-order chi connectivity index (χ1) is 10.0. The highest BCUT2D eigenvalue weighted by atomic mass is 32.2. The number of carbonyl (C=O) groups excluding carboxylic acids is 1. The smallest absolute Gasteiger partial charge is 0.251 e. The van der Waals surface area contributed by atoms with E-state index in [4.69, 9.17) is 0 Å². The maximum atomic E-state index is 12.7. The molecule has 0 aliphatic carbocycles. The quantitative estimate of drug-likeness (QED) is 0.904. The molecule has 0 saturated carbocycles. The molecule has 0 atom stereocenters. The van der Waals surface area contributed by atoms with Gasteiger partial charge in [0.15, 0.2) is 0 Å². The van der Waals surface area contributed by atoms with Gasteiger partial charge in [-0.3, -0.25) is 4.79 Å². The van der Waals surface area contributed by atoms with Crippen molar-refractivity contribution in [3.8, 4) is 0 Å². The fraction of sp³-hybridized carbons (Fsp3) is 0.562. The Morgan fingerprint density at radius 2 is 1.73 bits per heavy atom. The lowest BCUT2D eigenvalue weighted by atomic mass is 10.1. The number of nitrogens with one attached hydrogen (secondary N) is 1. The Bertz CT molecular complexity index is 642. The number of carbonyl (C=O) groups is 1. The standard InChI is InChI=1S/C16H26N2O3S/c1-7-18(8-2)22(20,21)14-11-13(10-9-12(14)3)15(19)17-16(4,5)6/h9-11H,7-8H2,1-6H3,(H,17,19). The molecule has 1 aromatic carbocycles. The third-order valence-electron chi connectivity index (χ3n) is 3.26. The van der Waals surface area contributed by atoms with Crippen LogP contribution in [0, 0.1) is 6.92 Å². The Labute approximate surface area is 133 Å². The van der Waals surface area contributed by atoms with Crippen molar-refractivity contribution < 1.29 is 13.2 Å². The molecule has 0 bridgehead atoms. The van der Waals surface area contributed by atoms with Crippen LogP contribution in [0.1, 0.15) is 50.5 Å². The summed E-state index contributed by atoms with van der Waals surface area (Å²) < 4.78 is 26.7. The Kier molecular flexibility index (Phi) is 5.76. The number of rotatable bonds is 5. The number of benzene rings is 1. The van der Waals surface area contributed by atoms with E-state index in [9.17, 15) is 13.2 Å². The zero-order chi connectivity index (χ0) is 17.1. The molecule has 0 unspecified atom stereocenters. The molecule has 0 radical (unpaired) electrons. The molecular weight excluding hydrogens is 300 g/mol. The average Bonchev–Trinajstić information content (AvgIpc) is 2.37. The maximum absolute atomic E-state index is 12.7. The number of amides is 1. The van der Waals surface area contributed by atoms with E-state index >= 15 is 0 Å². The molecule has 5 nitrogen and oxygen atoms in total. The first-order valence-corrected chi connectivity index (χ1v) is 8.90. The van der Waals surface area contributed by atoms with Crippen LogP contribution in [0.25, 0.3) is 0 Å². The largest absolute Gasteiger partial charge is 0.347 e. The van der Waals surface area contributed by atoms with Gasteiger partial charge in [0, 0.05) is 24.2 Å². The van der Waals surface area contributed by atoms with Crippen LogP contribution in [-0.4, -0.2) is 37.3 Å². The molecular formula is C16H26N2O3S. The summed E-state index contributed by atoms with van der Waals surface area (Å²) in [5.41, 5.74) is 0.616. The van der Waals surface area contributed by atoms with Crippen molar-refractivity contribution >= 4 is 15.9 Å². The summed E-state index contributed by atoms with van der Waals surface area (Å²) in [6, 6.07) is 4.79. The Morgan fingerprint density at radius 3 is 2.18 bits per heavy atom. The second kappa shape index (κ2) is 6.79. The fourth-order valence-electron chi connectivity index (χ4n) is 2.13. The van der Waals surface area contributed by atoms with Crippen molar-refractivity contribution in [1.82, 2.24) is 9.62 Å². The summed E-state index contributed by atoms with van der Waals surface area (Å²) in [4.78, 5) is 12.4. The molecule has 124 valence electrons. The van der Waals surface area contributed by atoms with Gasteiger partial charge in [0.1, 0.15) is 0 Å². The van der Waals surface area contributed by atoms with Gasteiger partial charge in [0.25, 0.3) is 5.91 Å². The Hall–Kier alpha value is -1.40. The van der Waals surface area contributed by atoms with E-state index in [2.05, 4.69) is 5.32 Å². The highest BCUT2D eigenvalue weighted by Crippen LogP contribution is 2.21. The van der Waals surface area contributed by atoms with E-state index in [0.717, 1.165) is 0 Å². The molecule has 1 N–H and O–H groups in total. The second-order valence-corrected chi connectivity index (χ2v) is 8.18. The van der Waals surface area contributed by atoms with Gasteiger partial charge < -0.3 is 5.32 Å². The van der Waals surface area contributed by atoms with Crippen LogP contribution < -0.4 is 5.32 Å². The third kappa shape index (κ3) is 4.30. The monoisotopic (exact) mass is 326 g/mol. The van der Waals surface area contributed by atoms with Crippen LogP contribution in [-0.2, 0) is 10.0 Å². The van der Waals surface area contributed by atoms with E-state index < -0.39 is 10.0 Å². The average molecular weight is 326 g/mol. The van der Waals surface area contributed by atoms with Gasteiger partial charge >= 0.3 is 0 Å². The first kappa shape index (κ1) is 18.6. The molecule has 1 amide bonds. The highest BCUT2D eigenvalue weighted by molar-refractivity contribution is 7.89. The minimum atomic E-state index is -3.58. The van der Waals surface area contributed by atoms with Crippen LogP contribution in [0.4, 0.5) is 0 Å². The van der Waals surface area contributed by atoms with Crippen LogP contribution in [0.15, 0.2) is 23.1 Å². The number of hydrogen-bond donors (Lipinski definition) is 1. The summed E-state index contributed by atoms with van der Waals surface area (Å²) in [7, 11) is -3.58. The number of hydrogen-bond acceptors (Lipinski definition) is 3. The number of nitrogens with zero attached hydrogens (tertiary/aromatic N) is 1. The van der Waals surface area contributed by atoms with E-state index in [1.54, 1.807) is 32.9 Å².